The van der Waals surface area contributed by atoms with Gasteiger partial charge in [0.15, 0.2) is 0 Å². The largest absolute Gasteiger partial charge is 0.256 e. The Morgan fingerprint density at radius 3 is 1.77 bits per heavy atom. The van der Waals surface area contributed by atoms with E-state index < -0.39 is 0 Å². The zero-order chi connectivity index (χ0) is 19.0. The molecule has 0 saturated carbocycles. The van der Waals surface area contributed by atoms with Crippen LogP contribution in [0.3, 0.4) is 0 Å². The molecule has 0 saturated heterocycles. The maximum Gasteiger partial charge on any atom is 0.256 e. The van der Waals surface area contributed by atoms with Crippen LogP contribution in [-0.2, 0) is 13.0 Å². The molecule has 0 N–H and O–H groups in total. The number of hydrogen-bond donors (Lipinski definition) is 0. The van der Waals surface area contributed by atoms with Gasteiger partial charge in [-0.25, -0.2) is 9.13 Å². The first-order valence-electron chi connectivity index (χ1n) is 11.8. The fourth-order valence-electron chi connectivity index (χ4n) is 3.90. The van der Waals surface area contributed by atoms with Crippen molar-refractivity contribution in [1.82, 2.24) is 4.57 Å². The van der Waals surface area contributed by atoms with Crippen molar-refractivity contribution >= 4 is 0 Å². The van der Waals surface area contributed by atoms with Gasteiger partial charge in [0.25, 0.3) is 5.82 Å². The van der Waals surface area contributed by atoms with Gasteiger partial charge in [-0.3, -0.25) is 0 Å². The van der Waals surface area contributed by atoms with E-state index >= 15 is 0 Å². The lowest BCUT2D eigenvalue weighted by Crippen LogP contribution is -2.37. The monoisotopic (exact) mass is 363 g/mol. The summed E-state index contributed by atoms with van der Waals surface area (Å²) in [6.45, 7) is 10.4. The number of nitrogens with zero attached hydrogens (tertiary/aromatic N) is 2. The van der Waals surface area contributed by atoms with E-state index in [-0.39, 0.29) is 0 Å². The van der Waals surface area contributed by atoms with E-state index in [0.29, 0.717) is 6.04 Å². The summed E-state index contributed by atoms with van der Waals surface area (Å²) in [5, 5.41) is 0. The third-order valence-corrected chi connectivity index (χ3v) is 5.60. The minimum absolute atomic E-state index is 0.574. The van der Waals surface area contributed by atoms with Crippen molar-refractivity contribution < 1.29 is 4.57 Å². The molecule has 0 fully saturated rings. The molecule has 0 radical (unpaired) electrons. The van der Waals surface area contributed by atoms with Crippen molar-refractivity contribution in [2.24, 2.45) is 0 Å². The minimum atomic E-state index is 0.574. The molecule has 1 aromatic heterocycles. The number of imidazole rings is 1. The summed E-state index contributed by atoms with van der Waals surface area (Å²) in [5.74, 6) is 1.56. The van der Waals surface area contributed by atoms with Crippen molar-refractivity contribution in [3.63, 3.8) is 0 Å². The Morgan fingerprint density at radius 1 is 0.731 bits per heavy atom. The summed E-state index contributed by atoms with van der Waals surface area (Å²) < 4.78 is 5.04. The van der Waals surface area contributed by atoms with E-state index in [4.69, 9.17) is 0 Å². The fraction of sp³-hybridized carbons (Fsp3) is 0.875. The quantitative estimate of drug-likeness (QED) is 0.201. The van der Waals surface area contributed by atoms with Crippen LogP contribution in [0.5, 0.6) is 0 Å². The smallest absolute Gasteiger partial charge is 0.234 e. The second kappa shape index (κ2) is 15.3. The van der Waals surface area contributed by atoms with E-state index in [1.807, 2.05) is 0 Å². The van der Waals surface area contributed by atoms with Gasteiger partial charge in [0.05, 0.1) is 12.6 Å². The van der Waals surface area contributed by atoms with Crippen LogP contribution < -0.4 is 4.57 Å². The molecule has 152 valence electrons. The zero-order valence-corrected chi connectivity index (χ0v) is 18.4. The van der Waals surface area contributed by atoms with Crippen molar-refractivity contribution in [2.75, 3.05) is 0 Å². The molecule has 0 aliphatic heterocycles. The Labute approximate surface area is 164 Å². The van der Waals surface area contributed by atoms with Crippen molar-refractivity contribution in [1.29, 1.82) is 0 Å². The van der Waals surface area contributed by atoms with Crippen molar-refractivity contribution in [2.45, 2.75) is 137 Å². The first-order valence-corrected chi connectivity index (χ1v) is 11.8. The number of aromatic nitrogens is 2. The van der Waals surface area contributed by atoms with Gasteiger partial charge >= 0.3 is 0 Å². The molecule has 0 spiro atoms. The summed E-state index contributed by atoms with van der Waals surface area (Å²) in [7, 11) is 0. The molecular weight excluding hydrogens is 316 g/mol. The maximum atomic E-state index is 2.54. The predicted octanol–water partition coefficient (Wildman–Crippen LogP) is 7.40. The molecule has 0 aromatic carbocycles. The highest BCUT2D eigenvalue weighted by Gasteiger charge is 2.18. The van der Waals surface area contributed by atoms with Crippen LogP contribution in [0.1, 0.15) is 129 Å². The van der Waals surface area contributed by atoms with E-state index in [9.17, 15) is 0 Å². The molecule has 26 heavy (non-hydrogen) atoms. The number of rotatable bonds is 17. The molecule has 1 aromatic rings. The molecule has 0 atom stereocenters. The Morgan fingerprint density at radius 2 is 1.23 bits per heavy atom. The fourth-order valence-corrected chi connectivity index (χ4v) is 3.90. The van der Waals surface area contributed by atoms with Gasteiger partial charge in [0.2, 0.25) is 0 Å². The van der Waals surface area contributed by atoms with Crippen LogP contribution in [-0.4, -0.2) is 4.57 Å². The van der Waals surface area contributed by atoms with Gasteiger partial charge in [0, 0.05) is 6.42 Å². The van der Waals surface area contributed by atoms with Gasteiger partial charge in [-0.05, 0) is 33.1 Å². The van der Waals surface area contributed by atoms with Crippen LogP contribution in [0.2, 0.25) is 0 Å². The van der Waals surface area contributed by atoms with Crippen LogP contribution in [0.25, 0.3) is 0 Å². The standard InChI is InChI=1S/C24H47N2/c1-5-7-9-11-13-15-17-19-24-25(21-22-26(24)23(3)4)20-18-16-14-12-10-8-6-2/h21-23H,5-20H2,1-4H3/q+1. The van der Waals surface area contributed by atoms with Crippen molar-refractivity contribution in [3.05, 3.63) is 18.2 Å². The Bertz CT molecular complexity index is 433. The summed E-state index contributed by atoms with van der Waals surface area (Å²) in [5.41, 5.74) is 0. The summed E-state index contributed by atoms with van der Waals surface area (Å²) in [6.07, 6.45) is 25.4. The average Bonchev–Trinajstić information content (AvgIpc) is 3.03. The molecule has 0 amide bonds. The third kappa shape index (κ3) is 9.78. The molecule has 1 heterocycles. The van der Waals surface area contributed by atoms with E-state index in [0.717, 1.165) is 0 Å². The summed E-state index contributed by atoms with van der Waals surface area (Å²) in [6, 6.07) is 0.574. The molecule has 0 bridgehead atoms. The molecule has 0 aliphatic carbocycles. The number of aryl methyl sites for hydroxylation is 1. The highest BCUT2D eigenvalue weighted by Crippen LogP contribution is 2.13. The van der Waals surface area contributed by atoms with Crippen LogP contribution in [0.4, 0.5) is 0 Å². The Kier molecular flexibility index (Phi) is 13.7. The maximum absolute atomic E-state index is 2.54. The van der Waals surface area contributed by atoms with Crippen LogP contribution >= 0.6 is 0 Å². The van der Waals surface area contributed by atoms with Crippen LogP contribution in [0, 0.1) is 0 Å². The second-order valence-corrected chi connectivity index (χ2v) is 8.40. The lowest BCUT2D eigenvalue weighted by atomic mass is 10.1. The SMILES string of the molecule is CCCCCCCCCc1n(C(C)C)cc[n+]1CCCCCCCCC. The highest BCUT2D eigenvalue weighted by molar-refractivity contribution is 4.86. The molecule has 2 heteroatoms. The third-order valence-electron chi connectivity index (χ3n) is 5.60. The topological polar surface area (TPSA) is 8.81 Å². The van der Waals surface area contributed by atoms with Gasteiger partial charge in [0.1, 0.15) is 12.4 Å². The van der Waals surface area contributed by atoms with E-state index in [2.05, 4.69) is 49.2 Å². The second-order valence-electron chi connectivity index (χ2n) is 8.40. The zero-order valence-electron chi connectivity index (χ0n) is 18.4. The Hall–Kier alpha value is -0.790. The lowest BCUT2D eigenvalue weighted by molar-refractivity contribution is -0.704. The van der Waals surface area contributed by atoms with Gasteiger partial charge in [-0.1, -0.05) is 84.5 Å². The van der Waals surface area contributed by atoms with Gasteiger partial charge < -0.3 is 0 Å². The van der Waals surface area contributed by atoms with Gasteiger partial charge in [-0.2, -0.15) is 0 Å². The van der Waals surface area contributed by atoms with Gasteiger partial charge in [-0.15, -0.1) is 0 Å². The van der Waals surface area contributed by atoms with E-state index in [1.54, 1.807) is 5.82 Å². The average molecular weight is 364 g/mol. The molecular formula is C24H47N2+. The van der Waals surface area contributed by atoms with E-state index in [1.165, 1.54) is 103 Å². The normalized spacial score (nSPS) is 11.6. The number of unbranched alkanes of at least 4 members (excludes halogenated alkanes) is 12. The summed E-state index contributed by atoms with van der Waals surface area (Å²) in [4.78, 5) is 0. The first-order chi connectivity index (χ1) is 12.7. The Balaban J connectivity index is 2.34. The van der Waals surface area contributed by atoms with Crippen molar-refractivity contribution in [3.8, 4) is 0 Å². The summed E-state index contributed by atoms with van der Waals surface area (Å²) >= 11 is 0. The predicted molar refractivity (Wildman–Crippen MR) is 115 cm³/mol. The number of hydrogen-bond acceptors (Lipinski definition) is 0. The molecule has 2 nitrogen and oxygen atoms in total. The van der Waals surface area contributed by atoms with Crippen LogP contribution in [0.15, 0.2) is 12.4 Å². The molecule has 0 aliphatic rings. The molecule has 1 rings (SSSR count). The molecule has 0 unspecified atom stereocenters. The minimum Gasteiger partial charge on any atom is -0.234 e. The first kappa shape index (κ1) is 23.2. The highest BCUT2D eigenvalue weighted by atomic mass is 15.2. The lowest BCUT2D eigenvalue weighted by Gasteiger charge is -2.08.